The van der Waals surface area contributed by atoms with Gasteiger partial charge in [0.15, 0.2) is 4.80 Å². The minimum atomic E-state index is -3.74. The Kier molecular flexibility index (Phi) is 7.82. The smallest absolute Gasteiger partial charge is 0.355 e. The molecule has 2 aromatic carbocycles. The van der Waals surface area contributed by atoms with E-state index < -0.39 is 21.5 Å². The average Bonchev–Trinajstić information content (AvgIpc) is 3.61. The first kappa shape index (κ1) is 27.0. The zero-order valence-electron chi connectivity index (χ0n) is 21.4. The van der Waals surface area contributed by atoms with E-state index in [9.17, 15) is 18.0 Å². The van der Waals surface area contributed by atoms with Crippen LogP contribution in [0, 0.1) is 5.92 Å². The largest absolute Gasteiger partial charge is 0.461 e. The highest BCUT2D eigenvalue weighted by molar-refractivity contribution is 7.89. The van der Waals surface area contributed by atoms with Gasteiger partial charge < -0.3 is 9.30 Å². The molecule has 1 aromatic heterocycles. The molecule has 0 saturated heterocycles. The molecule has 1 saturated carbocycles. The van der Waals surface area contributed by atoms with E-state index in [1.54, 1.807) is 61.9 Å². The molecule has 1 fully saturated rings. The molecule has 0 aliphatic heterocycles. The molecule has 8 nitrogen and oxygen atoms in total. The number of sulfonamides is 1. The normalized spacial score (nSPS) is 14.5. The van der Waals surface area contributed by atoms with Crippen LogP contribution in [0.2, 0.25) is 0 Å². The summed E-state index contributed by atoms with van der Waals surface area (Å²) in [6.45, 7) is 7.68. The maximum Gasteiger partial charge on any atom is 0.355 e. The molecule has 1 amide bonds. The summed E-state index contributed by atoms with van der Waals surface area (Å²) in [5.74, 6) is -0.658. The summed E-state index contributed by atoms with van der Waals surface area (Å²) in [4.78, 5) is 29.8. The summed E-state index contributed by atoms with van der Waals surface area (Å²) >= 11 is 1.23. The van der Waals surface area contributed by atoms with Gasteiger partial charge in [-0.05, 0) is 57.7 Å². The number of carbonyl (C=O) groups excluding carboxylic acids is 2. The second-order valence-corrected chi connectivity index (χ2v) is 12.5. The van der Waals surface area contributed by atoms with Crippen LogP contribution < -0.4 is 9.52 Å². The second-order valence-electron chi connectivity index (χ2n) is 9.98. The third-order valence-corrected chi connectivity index (χ3v) is 8.32. The van der Waals surface area contributed by atoms with Crippen molar-refractivity contribution in [3.8, 4) is 11.1 Å². The second kappa shape index (κ2) is 10.7. The molecular formula is C27H31N3O5S2. The Morgan fingerprint density at radius 3 is 2.41 bits per heavy atom. The predicted molar refractivity (Wildman–Crippen MR) is 143 cm³/mol. The lowest BCUT2D eigenvalue weighted by Gasteiger charge is -2.21. The van der Waals surface area contributed by atoms with E-state index >= 15 is 0 Å². The third kappa shape index (κ3) is 6.63. The van der Waals surface area contributed by atoms with Gasteiger partial charge in [-0.15, -0.1) is 11.3 Å². The fourth-order valence-electron chi connectivity index (χ4n) is 3.83. The van der Waals surface area contributed by atoms with Crippen LogP contribution in [0.25, 0.3) is 11.1 Å². The van der Waals surface area contributed by atoms with Crippen molar-refractivity contribution >= 4 is 33.2 Å². The first-order chi connectivity index (χ1) is 17.5. The molecule has 0 atom stereocenters. The Morgan fingerprint density at radius 2 is 1.78 bits per heavy atom. The first-order valence-corrected chi connectivity index (χ1v) is 14.5. The number of nitrogens with zero attached hydrogens (tertiary/aromatic N) is 2. The Balaban J connectivity index is 1.66. The SMILES string of the molecule is CCOC(=O)c1csc(=NC(=O)C2CC2)n1Cc1ccc(-c2ccccc2S(=O)(=O)NC(C)(C)C)cc1. The molecule has 4 rings (SSSR count). The average molecular weight is 542 g/mol. The Hall–Kier alpha value is -3.08. The van der Waals surface area contributed by atoms with Gasteiger partial charge in [0, 0.05) is 22.4 Å². The number of benzene rings is 2. The molecule has 1 heterocycles. The van der Waals surface area contributed by atoms with Crippen LogP contribution in [0.3, 0.4) is 0 Å². The highest BCUT2D eigenvalue weighted by Gasteiger charge is 2.30. The number of ether oxygens (including phenoxy) is 1. The predicted octanol–water partition coefficient (Wildman–Crippen LogP) is 4.36. The van der Waals surface area contributed by atoms with E-state index in [2.05, 4.69) is 9.71 Å². The number of nitrogens with one attached hydrogen (secondary N) is 1. The van der Waals surface area contributed by atoms with Gasteiger partial charge in [-0.2, -0.15) is 4.99 Å². The van der Waals surface area contributed by atoms with E-state index in [0.717, 1.165) is 24.0 Å². The molecule has 1 aliphatic rings. The number of thiazole rings is 1. The number of hydrogen-bond donors (Lipinski definition) is 1. The van der Waals surface area contributed by atoms with Gasteiger partial charge in [-0.25, -0.2) is 17.9 Å². The van der Waals surface area contributed by atoms with Crippen LogP contribution >= 0.6 is 11.3 Å². The lowest BCUT2D eigenvalue weighted by atomic mass is 10.0. The maximum atomic E-state index is 13.1. The Labute approximate surface area is 221 Å². The summed E-state index contributed by atoms with van der Waals surface area (Å²) in [7, 11) is -3.74. The van der Waals surface area contributed by atoms with E-state index in [-0.39, 0.29) is 23.3 Å². The van der Waals surface area contributed by atoms with Gasteiger partial charge in [0.2, 0.25) is 10.0 Å². The van der Waals surface area contributed by atoms with Gasteiger partial charge in [0.1, 0.15) is 5.69 Å². The lowest BCUT2D eigenvalue weighted by Crippen LogP contribution is -2.40. The van der Waals surface area contributed by atoms with Crippen LogP contribution in [0.4, 0.5) is 0 Å². The topological polar surface area (TPSA) is 107 Å². The first-order valence-electron chi connectivity index (χ1n) is 12.1. The number of esters is 1. The molecule has 1 N–H and O–H groups in total. The molecule has 0 bridgehead atoms. The monoisotopic (exact) mass is 541 g/mol. The standard InChI is InChI=1S/C27H31N3O5S2/c1-5-35-25(32)22-17-36-26(28-24(31)20-14-15-20)30(22)16-18-10-12-19(13-11-18)21-8-6-7-9-23(21)37(33,34)29-27(2,3)4/h6-13,17,20,29H,5,14-16H2,1-4H3. The zero-order valence-corrected chi connectivity index (χ0v) is 23.0. The Bertz CT molecular complexity index is 1480. The van der Waals surface area contributed by atoms with Crippen molar-refractivity contribution in [1.82, 2.24) is 9.29 Å². The van der Waals surface area contributed by atoms with Crippen molar-refractivity contribution in [2.24, 2.45) is 10.9 Å². The zero-order chi connectivity index (χ0) is 26.8. The molecule has 0 spiro atoms. The van der Waals surface area contributed by atoms with Crippen molar-refractivity contribution < 1.29 is 22.7 Å². The molecule has 196 valence electrons. The van der Waals surface area contributed by atoms with E-state index in [0.29, 0.717) is 22.6 Å². The quantitative estimate of drug-likeness (QED) is 0.427. The summed E-state index contributed by atoms with van der Waals surface area (Å²) in [6, 6.07) is 14.3. The van der Waals surface area contributed by atoms with Crippen LogP contribution in [0.15, 0.2) is 63.8 Å². The third-order valence-electron chi connectivity index (χ3n) is 5.64. The molecule has 10 heteroatoms. The van der Waals surface area contributed by atoms with Crippen molar-refractivity contribution in [3.63, 3.8) is 0 Å². The summed E-state index contributed by atoms with van der Waals surface area (Å²) in [5.41, 5.74) is 1.91. The van der Waals surface area contributed by atoms with Crippen molar-refractivity contribution in [2.45, 2.75) is 57.5 Å². The molecular weight excluding hydrogens is 510 g/mol. The summed E-state index contributed by atoms with van der Waals surface area (Å²) < 4.78 is 35.7. The number of hydrogen-bond acceptors (Lipinski definition) is 6. The summed E-state index contributed by atoms with van der Waals surface area (Å²) in [6.07, 6.45) is 1.70. The lowest BCUT2D eigenvalue weighted by molar-refractivity contribution is -0.119. The number of aromatic nitrogens is 1. The number of carbonyl (C=O) groups is 2. The van der Waals surface area contributed by atoms with Gasteiger partial charge >= 0.3 is 5.97 Å². The van der Waals surface area contributed by atoms with Crippen molar-refractivity contribution in [1.29, 1.82) is 0 Å². The fraction of sp³-hybridized carbons (Fsp3) is 0.370. The maximum absolute atomic E-state index is 13.1. The molecule has 3 aromatic rings. The van der Waals surface area contributed by atoms with E-state index in [1.807, 2.05) is 24.3 Å². The van der Waals surface area contributed by atoms with Crippen LogP contribution in [0.5, 0.6) is 0 Å². The van der Waals surface area contributed by atoms with Crippen LogP contribution in [-0.4, -0.2) is 37.0 Å². The van der Waals surface area contributed by atoms with Gasteiger partial charge in [0.25, 0.3) is 5.91 Å². The van der Waals surface area contributed by atoms with Crippen molar-refractivity contribution in [2.75, 3.05) is 6.61 Å². The summed E-state index contributed by atoms with van der Waals surface area (Å²) in [5, 5.41) is 1.66. The minimum Gasteiger partial charge on any atom is -0.461 e. The van der Waals surface area contributed by atoms with E-state index in [1.165, 1.54) is 11.3 Å². The van der Waals surface area contributed by atoms with Gasteiger partial charge in [0.05, 0.1) is 18.0 Å². The molecule has 0 radical (unpaired) electrons. The van der Waals surface area contributed by atoms with Crippen LogP contribution in [0.1, 0.15) is 56.6 Å². The number of amides is 1. The fourth-order valence-corrected chi connectivity index (χ4v) is 6.35. The van der Waals surface area contributed by atoms with Gasteiger partial charge in [-0.1, -0.05) is 42.5 Å². The van der Waals surface area contributed by atoms with Crippen molar-refractivity contribution in [3.05, 3.63) is 70.0 Å². The molecule has 37 heavy (non-hydrogen) atoms. The minimum absolute atomic E-state index is 0.0232. The number of rotatable bonds is 8. The van der Waals surface area contributed by atoms with Gasteiger partial charge in [-0.3, -0.25) is 4.79 Å². The van der Waals surface area contributed by atoms with Crippen LogP contribution in [-0.2, 0) is 26.1 Å². The van der Waals surface area contributed by atoms with E-state index in [4.69, 9.17) is 4.74 Å². The highest BCUT2D eigenvalue weighted by Crippen LogP contribution is 2.30. The Morgan fingerprint density at radius 1 is 1.11 bits per heavy atom. The molecule has 0 unspecified atom stereocenters. The molecule has 1 aliphatic carbocycles. The highest BCUT2D eigenvalue weighted by atomic mass is 32.2.